The molecule has 0 spiro atoms. The Bertz CT molecular complexity index is 2430. The summed E-state index contributed by atoms with van der Waals surface area (Å²) in [4.78, 5) is 16.4. The molecule has 1 aliphatic heterocycles. The summed E-state index contributed by atoms with van der Waals surface area (Å²) in [7, 11) is 0. The Hall–Kier alpha value is -4.85. The first kappa shape index (κ1) is 42.8. The Morgan fingerprint density at radius 1 is 0.623 bits per heavy atom. The molecule has 0 amide bonds. The van der Waals surface area contributed by atoms with E-state index < -0.39 is 30.1 Å². The van der Waals surface area contributed by atoms with Gasteiger partial charge in [0.1, 0.15) is 24.4 Å². The highest BCUT2D eigenvalue weighted by Gasteiger charge is 2.59. The van der Waals surface area contributed by atoms with E-state index in [-0.39, 0.29) is 26.4 Å². The maximum atomic E-state index is 14.0. The summed E-state index contributed by atoms with van der Waals surface area (Å²) in [6.07, 6.45) is -2.67. The number of hydrogen-bond acceptors (Lipinski definition) is 8. The molecule has 7 aromatic rings. The monoisotopic (exact) mass is 941 g/mol. The highest BCUT2D eigenvalue weighted by atomic mass is 127. The van der Waals surface area contributed by atoms with Crippen molar-refractivity contribution in [2.24, 2.45) is 5.18 Å². The second-order valence-electron chi connectivity index (χ2n) is 15.3. The van der Waals surface area contributed by atoms with Crippen LogP contribution in [0.2, 0.25) is 0 Å². The van der Waals surface area contributed by atoms with Crippen molar-refractivity contribution in [2.45, 2.75) is 69.9 Å². The van der Waals surface area contributed by atoms with Gasteiger partial charge in [-0.05, 0) is 97.9 Å². The summed E-state index contributed by atoms with van der Waals surface area (Å²) < 4.78 is 35.5. The van der Waals surface area contributed by atoms with Gasteiger partial charge in [-0.3, -0.25) is 0 Å². The van der Waals surface area contributed by atoms with Gasteiger partial charge in [0.05, 0.1) is 33.0 Å². The summed E-state index contributed by atoms with van der Waals surface area (Å²) in [6, 6.07) is 58.9. The molecule has 0 radical (unpaired) electrons. The summed E-state index contributed by atoms with van der Waals surface area (Å²) in [5.41, 5.74) is 5.99. The number of thiophene rings is 1. The fraction of sp³-hybridized carbons (Fsp3) is 0.231. The lowest BCUT2D eigenvalue weighted by Crippen LogP contribution is -2.65. The first-order valence-electron chi connectivity index (χ1n) is 20.5. The second-order valence-corrected chi connectivity index (χ2v) is 17.7. The smallest absolute Gasteiger partial charge is 0.255 e. The molecule has 8 rings (SSSR count). The molecule has 9 heteroatoms. The first-order chi connectivity index (χ1) is 30.0. The van der Waals surface area contributed by atoms with Gasteiger partial charge in [-0.1, -0.05) is 152 Å². The Kier molecular flexibility index (Phi) is 14.6. The molecule has 6 aromatic carbocycles. The molecule has 0 bridgehead atoms. The summed E-state index contributed by atoms with van der Waals surface area (Å²) in [6.45, 7) is 3.26. The van der Waals surface area contributed by atoms with Crippen molar-refractivity contribution in [1.29, 1.82) is 0 Å². The van der Waals surface area contributed by atoms with Crippen molar-refractivity contribution in [2.75, 3.05) is 6.61 Å². The minimum absolute atomic E-state index is 0.109. The van der Waals surface area contributed by atoms with Crippen molar-refractivity contribution in [3.05, 3.63) is 228 Å². The molecule has 1 aromatic heterocycles. The molecule has 1 aliphatic rings. The third-order valence-corrected chi connectivity index (χ3v) is 12.8. The van der Waals surface area contributed by atoms with E-state index in [0.29, 0.717) is 18.6 Å². The van der Waals surface area contributed by atoms with Crippen LogP contribution in [0.1, 0.15) is 43.8 Å². The molecule has 0 saturated carbocycles. The number of rotatable bonds is 18. The zero-order valence-electron chi connectivity index (χ0n) is 34.0. The topological polar surface area (TPSA) is 75.6 Å². The highest BCUT2D eigenvalue weighted by Crippen LogP contribution is 2.45. The number of nitroso groups, excluding NO2 is 1. The Labute approximate surface area is 375 Å². The molecule has 310 valence electrons. The van der Waals surface area contributed by atoms with Crippen LogP contribution in [0, 0.1) is 15.4 Å². The molecule has 0 N–H and O–H groups in total. The minimum Gasteiger partial charge on any atom is -0.374 e. The summed E-state index contributed by atoms with van der Waals surface area (Å²) in [5.74, 6) is 0. The third-order valence-electron chi connectivity index (χ3n) is 11.0. The van der Waals surface area contributed by atoms with Gasteiger partial charge in [0.2, 0.25) is 0 Å². The van der Waals surface area contributed by atoms with Crippen LogP contribution in [0.15, 0.2) is 181 Å². The van der Waals surface area contributed by atoms with Crippen molar-refractivity contribution in [3.63, 3.8) is 0 Å². The van der Waals surface area contributed by atoms with Gasteiger partial charge in [0.15, 0.2) is 0 Å². The largest absolute Gasteiger partial charge is 0.374 e. The SMILES string of the molecule is Cc1ccc(C2(N=O)O[C@H](COCc3ccccc3)[C@@H](OCc3ccccc3)[C@H](OCc3ccccc3)[C@H]2OCc2ccccc2)cc1Cc1ccc(-c2ccc(I)cc2)s1. The van der Waals surface area contributed by atoms with Crippen LogP contribution in [0.25, 0.3) is 10.4 Å². The van der Waals surface area contributed by atoms with Gasteiger partial charge in [0, 0.05) is 25.3 Å². The number of hydrogen-bond donors (Lipinski definition) is 0. The van der Waals surface area contributed by atoms with Gasteiger partial charge >= 0.3 is 0 Å². The summed E-state index contributed by atoms with van der Waals surface area (Å²) in [5, 5.41) is 3.96. The normalized spacial score (nSPS) is 20.0. The lowest BCUT2D eigenvalue weighted by atomic mass is 9.84. The van der Waals surface area contributed by atoms with Crippen LogP contribution >= 0.6 is 33.9 Å². The Morgan fingerprint density at radius 2 is 1.16 bits per heavy atom. The number of nitrogens with zero attached hydrogens (tertiary/aromatic N) is 1. The molecule has 0 aliphatic carbocycles. The fourth-order valence-corrected chi connectivity index (χ4v) is 9.12. The lowest BCUT2D eigenvalue weighted by molar-refractivity contribution is -0.311. The van der Waals surface area contributed by atoms with Crippen molar-refractivity contribution in [3.8, 4) is 10.4 Å². The number of aryl methyl sites for hydroxylation is 1. The lowest BCUT2D eigenvalue weighted by Gasteiger charge is -2.49. The van der Waals surface area contributed by atoms with Gasteiger partial charge in [-0.15, -0.1) is 16.2 Å². The second kappa shape index (κ2) is 20.8. The van der Waals surface area contributed by atoms with E-state index in [1.54, 1.807) is 11.3 Å². The zero-order valence-corrected chi connectivity index (χ0v) is 37.0. The quantitative estimate of drug-likeness (QED) is 0.0630. The van der Waals surface area contributed by atoms with Crippen LogP contribution in [0.3, 0.4) is 0 Å². The van der Waals surface area contributed by atoms with E-state index in [9.17, 15) is 4.91 Å². The van der Waals surface area contributed by atoms with E-state index >= 15 is 0 Å². The summed E-state index contributed by atoms with van der Waals surface area (Å²) >= 11 is 4.10. The van der Waals surface area contributed by atoms with Gasteiger partial charge < -0.3 is 23.7 Å². The van der Waals surface area contributed by atoms with Crippen LogP contribution < -0.4 is 0 Å². The molecule has 1 saturated heterocycles. The minimum atomic E-state index is -1.84. The van der Waals surface area contributed by atoms with Crippen LogP contribution in [-0.4, -0.2) is 31.0 Å². The fourth-order valence-electron chi connectivity index (χ4n) is 7.73. The van der Waals surface area contributed by atoms with E-state index in [2.05, 4.69) is 77.2 Å². The molecular weight excluding hydrogens is 894 g/mol. The molecule has 1 fully saturated rings. The van der Waals surface area contributed by atoms with E-state index in [1.165, 1.54) is 18.9 Å². The molecular formula is C52H48INO6S. The van der Waals surface area contributed by atoms with E-state index in [4.69, 9.17) is 23.7 Å². The van der Waals surface area contributed by atoms with Crippen molar-refractivity contribution < 1.29 is 23.7 Å². The average molecular weight is 942 g/mol. The third kappa shape index (κ3) is 10.8. The Balaban J connectivity index is 1.19. The van der Waals surface area contributed by atoms with Gasteiger partial charge in [0.25, 0.3) is 5.72 Å². The van der Waals surface area contributed by atoms with Crippen LogP contribution in [-0.2, 0) is 62.3 Å². The van der Waals surface area contributed by atoms with E-state index in [1.807, 2.05) is 133 Å². The number of benzene rings is 6. The zero-order chi connectivity index (χ0) is 41.9. The molecule has 5 atom stereocenters. The molecule has 2 heterocycles. The number of ether oxygens (including phenoxy) is 5. The first-order valence-corrected chi connectivity index (χ1v) is 22.4. The van der Waals surface area contributed by atoms with Gasteiger partial charge in [-0.25, -0.2) is 0 Å². The maximum absolute atomic E-state index is 14.0. The molecule has 1 unspecified atom stereocenters. The highest BCUT2D eigenvalue weighted by molar-refractivity contribution is 14.1. The standard InChI is InChI=1S/C52H48INO6S/c1-37-22-25-44(30-43(37)31-46-28-29-48(61-46)42-23-26-45(53)27-24-42)52(54-55)51(59-35-41-20-12-5-13-21-41)50(58-34-40-18-10-4-11-19-40)49(57-33-39-16-8-3-9-17-39)47(60-52)36-56-32-38-14-6-2-7-15-38/h2-30,47,49-51H,31-36H2,1H3/t47-,49-,50+,51-,52?/m1/s1. The predicted octanol–water partition coefficient (Wildman–Crippen LogP) is 12.2. The Morgan fingerprint density at radius 3 is 1.74 bits per heavy atom. The van der Waals surface area contributed by atoms with Crippen molar-refractivity contribution >= 4 is 33.9 Å². The van der Waals surface area contributed by atoms with E-state index in [0.717, 1.165) is 33.4 Å². The maximum Gasteiger partial charge on any atom is 0.255 e. The van der Waals surface area contributed by atoms with Crippen LogP contribution in [0.5, 0.6) is 0 Å². The number of halogens is 1. The molecule has 7 nitrogen and oxygen atoms in total. The molecule has 61 heavy (non-hydrogen) atoms. The predicted molar refractivity (Wildman–Crippen MR) is 250 cm³/mol. The van der Waals surface area contributed by atoms with Crippen LogP contribution in [0.4, 0.5) is 0 Å². The van der Waals surface area contributed by atoms with Crippen molar-refractivity contribution in [1.82, 2.24) is 0 Å². The average Bonchev–Trinajstić information content (AvgIpc) is 3.78. The van der Waals surface area contributed by atoms with Gasteiger partial charge in [-0.2, -0.15) is 0 Å².